The Balaban J connectivity index is 4.72. The minimum atomic E-state index is -0.533. The SMILES string of the molecule is CCCCC(CC)COCC(O)CN(CC(O)COCC(CC)CCCC)CC(CC)CCCC. The Morgan fingerprint density at radius 1 is 0.514 bits per heavy atom. The van der Waals surface area contributed by atoms with E-state index < -0.39 is 12.2 Å². The van der Waals surface area contributed by atoms with E-state index in [0.29, 0.717) is 44.1 Å². The molecule has 0 radical (unpaired) electrons. The smallest absolute Gasteiger partial charge is 0.0900 e. The number of hydrogen-bond acceptors (Lipinski definition) is 5. The fourth-order valence-corrected chi connectivity index (χ4v) is 4.75. The Labute approximate surface area is 219 Å². The first-order valence-electron chi connectivity index (χ1n) is 15.2. The van der Waals surface area contributed by atoms with Crippen molar-refractivity contribution >= 4 is 0 Å². The van der Waals surface area contributed by atoms with Crippen LogP contribution in [0, 0.1) is 17.8 Å². The fourth-order valence-electron chi connectivity index (χ4n) is 4.75. The van der Waals surface area contributed by atoms with Gasteiger partial charge in [-0.3, -0.25) is 4.90 Å². The highest BCUT2D eigenvalue weighted by atomic mass is 16.5. The predicted molar refractivity (Wildman–Crippen MR) is 150 cm³/mol. The maximum Gasteiger partial charge on any atom is 0.0900 e. The molecule has 2 N–H and O–H groups in total. The quantitative estimate of drug-likeness (QED) is 0.138. The Hall–Kier alpha value is -0.200. The molecule has 0 saturated carbocycles. The fraction of sp³-hybridized carbons (Fsp3) is 1.00. The van der Waals surface area contributed by atoms with E-state index in [2.05, 4.69) is 46.4 Å². The van der Waals surface area contributed by atoms with Crippen molar-refractivity contribution in [2.24, 2.45) is 17.8 Å². The van der Waals surface area contributed by atoms with Crippen LogP contribution in [0.2, 0.25) is 0 Å². The minimum absolute atomic E-state index is 0.368. The first-order chi connectivity index (χ1) is 16.9. The summed E-state index contributed by atoms with van der Waals surface area (Å²) in [6.45, 7) is 17.6. The van der Waals surface area contributed by atoms with Crippen LogP contribution in [0.15, 0.2) is 0 Å². The van der Waals surface area contributed by atoms with Crippen LogP contribution in [0.25, 0.3) is 0 Å². The van der Waals surface area contributed by atoms with Crippen LogP contribution in [0.4, 0.5) is 0 Å². The van der Waals surface area contributed by atoms with Gasteiger partial charge in [-0.2, -0.15) is 0 Å². The summed E-state index contributed by atoms with van der Waals surface area (Å²) in [4.78, 5) is 2.24. The lowest BCUT2D eigenvalue weighted by atomic mass is 9.98. The summed E-state index contributed by atoms with van der Waals surface area (Å²) in [5, 5.41) is 21.5. The van der Waals surface area contributed by atoms with Crippen LogP contribution in [0.3, 0.4) is 0 Å². The van der Waals surface area contributed by atoms with E-state index in [9.17, 15) is 10.2 Å². The molecule has 0 aromatic carbocycles. The third-order valence-electron chi connectivity index (χ3n) is 7.41. The summed E-state index contributed by atoms with van der Waals surface area (Å²) >= 11 is 0. The van der Waals surface area contributed by atoms with E-state index >= 15 is 0 Å². The van der Waals surface area contributed by atoms with Gasteiger partial charge < -0.3 is 19.7 Å². The van der Waals surface area contributed by atoms with E-state index in [1.807, 2.05) is 0 Å². The number of aliphatic hydroxyl groups excluding tert-OH is 2. The predicted octanol–water partition coefficient (Wildman–Crippen LogP) is 6.69. The summed E-state index contributed by atoms with van der Waals surface area (Å²) in [6.07, 6.45) is 13.3. The molecule has 0 aliphatic rings. The normalized spacial score (nSPS) is 16.4. The van der Waals surface area contributed by atoms with Gasteiger partial charge in [0.15, 0.2) is 0 Å². The van der Waals surface area contributed by atoms with Crippen molar-refractivity contribution < 1.29 is 19.7 Å². The molecule has 5 nitrogen and oxygen atoms in total. The van der Waals surface area contributed by atoms with Crippen molar-refractivity contribution in [2.75, 3.05) is 46.1 Å². The number of aliphatic hydroxyl groups is 2. The van der Waals surface area contributed by atoms with Gasteiger partial charge in [-0.1, -0.05) is 99.3 Å². The molecule has 0 rings (SSSR count). The topological polar surface area (TPSA) is 62.2 Å². The van der Waals surface area contributed by atoms with E-state index in [0.717, 1.165) is 39.0 Å². The molecule has 5 atom stereocenters. The van der Waals surface area contributed by atoms with Gasteiger partial charge in [-0.25, -0.2) is 0 Å². The standard InChI is InChI=1S/C30H63NO4/c1-7-13-16-26(10-4)19-31(20-29(32)24-34-22-27(11-5)17-14-8-2)21-30(33)25-35-23-28(12-6)18-15-9-3/h26-30,32-33H,7-25H2,1-6H3. The number of nitrogens with zero attached hydrogens (tertiary/aromatic N) is 1. The summed E-state index contributed by atoms with van der Waals surface area (Å²) in [5.74, 6) is 1.76. The first kappa shape index (κ1) is 34.8. The molecule has 5 unspecified atom stereocenters. The van der Waals surface area contributed by atoms with E-state index in [-0.39, 0.29) is 0 Å². The van der Waals surface area contributed by atoms with E-state index in [1.54, 1.807) is 0 Å². The van der Waals surface area contributed by atoms with Crippen molar-refractivity contribution in [1.29, 1.82) is 0 Å². The van der Waals surface area contributed by atoms with Crippen molar-refractivity contribution in [3.63, 3.8) is 0 Å². The Morgan fingerprint density at radius 2 is 0.886 bits per heavy atom. The maximum absolute atomic E-state index is 10.7. The number of hydrogen-bond donors (Lipinski definition) is 2. The average Bonchev–Trinajstić information content (AvgIpc) is 2.85. The first-order valence-corrected chi connectivity index (χ1v) is 15.2. The van der Waals surface area contributed by atoms with Gasteiger partial charge in [0.2, 0.25) is 0 Å². The van der Waals surface area contributed by atoms with Gasteiger partial charge in [0.1, 0.15) is 0 Å². The van der Waals surface area contributed by atoms with Crippen LogP contribution in [0.5, 0.6) is 0 Å². The largest absolute Gasteiger partial charge is 0.389 e. The van der Waals surface area contributed by atoms with Crippen molar-refractivity contribution in [1.82, 2.24) is 4.90 Å². The number of unbranched alkanes of at least 4 members (excludes halogenated alkanes) is 3. The van der Waals surface area contributed by atoms with Gasteiger partial charge in [-0.15, -0.1) is 0 Å². The Morgan fingerprint density at radius 3 is 1.23 bits per heavy atom. The van der Waals surface area contributed by atoms with Crippen molar-refractivity contribution in [3.8, 4) is 0 Å². The molecule has 0 aliphatic heterocycles. The zero-order valence-corrected chi connectivity index (χ0v) is 24.5. The van der Waals surface area contributed by atoms with Gasteiger partial charge in [0.05, 0.1) is 25.4 Å². The van der Waals surface area contributed by atoms with Crippen LogP contribution in [-0.2, 0) is 9.47 Å². The van der Waals surface area contributed by atoms with E-state index in [4.69, 9.17) is 9.47 Å². The van der Waals surface area contributed by atoms with Crippen LogP contribution in [0.1, 0.15) is 119 Å². The Bertz CT molecular complexity index is 407. The van der Waals surface area contributed by atoms with Crippen LogP contribution < -0.4 is 0 Å². The molecule has 0 heterocycles. The van der Waals surface area contributed by atoms with Crippen LogP contribution >= 0.6 is 0 Å². The molecule has 0 aromatic heterocycles. The molecule has 0 spiro atoms. The maximum atomic E-state index is 10.7. The van der Waals surface area contributed by atoms with Gasteiger partial charge >= 0.3 is 0 Å². The summed E-state index contributed by atoms with van der Waals surface area (Å²) in [5.41, 5.74) is 0. The monoisotopic (exact) mass is 501 g/mol. The molecule has 5 heteroatoms. The van der Waals surface area contributed by atoms with Gasteiger partial charge in [-0.05, 0) is 37.0 Å². The lowest BCUT2D eigenvalue weighted by Gasteiger charge is -2.31. The molecule has 212 valence electrons. The highest BCUT2D eigenvalue weighted by Crippen LogP contribution is 2.17. The zero-order valence-electron chi connectivity index (χ0n) is 24.5. The van der Waals surface area contributed by atoms with Crippen molar-refractivity contribution in [2.45, 2.75) is 131 Å². The highest BCUT2D eigenvalue weighted by molar-refractivity contribution is 4.73. The second kappa shape index (κ2) is 24.2. The second-order valence-electron chi connectivity index (χ2n) is 10.9. The highest BCUT2D eigenvalue weighted by Gasteiger charge is 2.20. The molecule has 0 fully saturated rings. The molecule has 0 aromatic rings. The molecule has 0 bridgehead atoms. The molecule has 35 heavy (non-hydrogen) atoms. The molecule has 0 saturated heterocycles. The third kappa shape index (κ3) is 19.6. The van der Waals surface area contributed by atoms with Crippen LogP contribution in [-0.4, -0.2) is 73.4 Å². The molecular formula is C30H63NO4. The van der Waals surface area contributed by atoms with Crippen molar-refractivity contribution in [3.05, 3.63) is 0 Å². The summed E-state index contributed by atoms with van der Waals surface area (Å²) in [7, 11) is 0. The lowest BCUT2D eigenvalue weighted by Crippen LogP contribution is -2.43. The average molecular weight is 502 g/mol. The molecule has 0 aliphatic carbocycles. The second-order valence-corrected chi connectivity index (χ2v) is 10.9. The number of rotatable bonds is 26. The van der Waals surface area contributed by atoms with Gasteiger partial charge in [0.25, 0.3) is 0 Å². The lowest BCUT2D eigenvalue weighted by molar-refractivity contribution is -0.0237. The summed E-state index contributed by atoms with van der Waals surface area (Å²) < 4.78 is 11.8. The molecule has 0 amide bonds. The van der Waals surface area contributed by atoms with Gasteiger partial charge in [0, 0.05) is 32.8 Å². The Kier molecular flexibility index (Phi) is 24.0. The third-order valence-corrected chi connectivity index (χ3v) is 7.41. The minimum Gasteiger partial charge on any atom is -0.389 e. The molecular weight excluding hydrogens is 438 g/mol. The zero-order chi connectivity index (χ0) is 26.3. The van der Waals surface area contributed by atoms with E-state index in [1.165, 1.54) is 57.8 Å². The summed E-state index contributed by atoms with van der Waals surface area (Å²) in [6, 6.07) is 0. The number of ether oxygens (including phenoxy) is 2.